The molecule has 6 heteroatoms. The van der Waals surface area contributed by atoms with E-state index in [0.717, 1.165) is 40.1 Å². The van der Waals surface area contributed by atoms with E-state index in [1.54, 1.807) is 0 Å². The van der Waals surface area contributed by atoms with E-state index >= 15 is 0 Å². The third-order valence-corrected chi connectivity index (χ3v) is 4.57. The minimum atomic E-state index is 0.693. The molecular weight excluding hydrogens is 288 g/mol. The Hall–Kier alpha value is -1.42. The fraction of sp³-hybridized carbons (Fsp3) is 0.357. The summed E-state index contributed by atoms with van der Waals surface area (Å²) in [5.41, 5.74) is 1.82. The van der Waals surface area contributed by atoms with Gasteiger partial charge in [0.2, 0.25) is 0 Å². The van der Waals surface area contributed by atoms with Crippen LogP contribution >= 0.6 is 23.3 Å². The molecule has 0 radical (unpaired) electrons. The second-order valence-corrected chi connectivity index (χ2v) is 6.20. The van der Waals surface area contributed by atoms with Crippen LogP contribution in [0, 0.1) is 11.3 Å². The van der Waals surface area contributed by atoms with Gasteiger partial charge in [-0.25, -0.2) is 4.98 Å². The third kappa shape index (κ3) is 3.79. The summed E-state index contributed by atoms with van der Waals surface area (Å²) >= 11 is 2.90. The van der Waals surface area contributed by atoms with Gasteiger partial charge in [0.25, 0.3) is 0 Å². The number of nitrogens with zero attached hydrogens (tertiary/aromatic N) is 3. The quantitative estimate of drug-likeness (QED) is 0.887. The zero-order chi connectivity index (χ0) is 14.4. The molecule has 0 saturated carbocycles. The van der Waals surface area contributed by atoms with E-state index in [0.29, 0.717) is 5.56 Å². The van der Waals surface area contributed by atoms with Crippen molar-refractivity contribution >= 4 is 23.3 Å². The van der Waals surface area contributed by atoms with Crippen LogP contribution < -0.4 is 5.32 Å². The Labute approximate surface area is 127 Å². The lowest BCUT2D eigenvalue weighted by atomic mass is 10.1. The zero-order valence-electron chi connectivity index (χ0n) is 11.5. The summed E-state index contributed by atoms with van der Waals surface area (Å²) in [6.07, 6.45) is 0.837. The Morgan fingerprint density at radius 1 is 1.40 bits per heavy atom. The van der Waals surface area contributed by atoms with Crippen LogP contribution in [-0.4, -0.2) is 15.9 Å². The Bertz CT molecular complexity index is 616. The highest BCUT2D eigenvalue weighted by Crippen LogP contribution is 2.31. The number of rotatable bonds is 6. The summed E-state index contributed by atoms with van der Waals surface area (Å²) in [5, 5.41) is 12.5. The average Bonchev–Trinajstić information content (AvgIpc) is 2.94. The molecule has 0 aliphatic carbocycles. The van der Waals surface area contributed by atoms with Gasteiger partial charge >= 0.3 is 0 Å². The molecule has 104 valence electrons. The highest BCUT2D eigenvalue weighted by Gasteiger charge is 2.09. The largest absolute Gasteiger partial charge is 0.313 e. The van der Waals surface area contributed by atoms with Gasteiger partial charge in [0.15, 0.2) is 4.34 Å². The molecule has 0 aliphatic rings. The number of aryl methyl sites for hydroxylation is 1. The van der Waals surface area contributed by atoms with Gasteiger partial charge in [0.1, 0.15) is 11.9 Å². The molecule has 1 N–H and O–H groups in total. The van der Waals surface area contributed by atoms with E-state index < -0.39 is 0 Å². The number of nitriles is 1. The monoisotopic (exact) mass is 304 g/mol. The Kier molecular flexibility index (Phi) is 5.53. The molecule has 20 heavy (non-hydrogen) atoms. The molecule has 0 spiro atoms. The van der Waals surface area contributed by atoms with Crippen LogP contribution in [0.4, 0.5) is 0 Å². The van der Waals surface area contributed by atoms with E-state index in [9.17, 15) is 5.26 Å². The zero-order valence-corrected chi connectivity index (χ0v) is 13.1. The van der Waals surface area contributed by atoms with Crippen molar-refractivity contribution in [1.82, 2.24) is 14.7 Å². The van der Waals surface area contributed by atoms with Crippen molar-refractivity contribution < 1.29 is 0 Å². The minimum absolute atomic E-state index is 0.693. The SMILES string of the molecule is CCNCc1ccc(Sc2nc(CC)ns2)c(C#N)c1. The van der Waals surface area contributed by atoms with Crippen molar-refractivity contribution in [2.45, 2.75) is 36.0 Å². The first-order valence-electron chi connectivity index (χ1n) is 6.51. The lowest BCUT2D eigenvalue weighted by Gasteiger charge is -2.05. The molecule has 1 heterocycles. The highest BCUT2D eigenvalue weighted by atomic mass is 32.2. The maximum Gasteiger partial charge on any atom is 0.174 e. The van der Waals surface area contributed by atoms with Gasteiger partial charge in [-0.1, -0.05) is 31.7 Å². The van der Waals surface area contributed by atoms with Crippen LogP contribution in [0.25, 0.3) is 0 Å². The first-order chi connectivity index (χ1) is 9.76. The van der Waals surface area contributed by atoms with Crippen LogP contribution in [0.3, 0.4) is 0 Å². The summed E-state index contributed by atoms with van der Waals surface area (Å²) in [6, 6.07) is 8.24. The summed E-state index contributed by atoms with van der Waals surface area (Å²) < 4.78 is 5.15. The first kappa shape index (κ1) is 15.0. The predicted molar refractivity (Wildman–Crippen MR) is 81.9 cm³/mol. The fourth-order valence-electron chi connectivity index (χ4n) is 1.65. The Balaban J connectivity index is 2.17. The molecule has 4 nitrogen and oxygen atoms in total. The summed E-state index contributed by atoms with van der Waals surface area (Å²) in [4.78, 5) is 5.36. The van der Waals surface area contributed by atoms with Crippen LogP contribution in [0.1, 0.15) is 30.8 Å². The maximum atomic E-state index is 9.28. The van der Waals surface area contributed by atoms with Gasteiger partial charge in [-0.3, -0.25) is 0 Å². The molecule has 0 unspecified atom stereocenters. The van der Waals surface area contributed by atoms with E-state index in [1.807, 2.05) is 25.1 Å². The first-order valence-corrected chi connectivity index (χ1v) is 8.10. The van der Waals surface area contributed by atoms with Crippen molar-refractivity contribution in [2.75, 3.05) is 6.54 Å². The highest BCUT2D eigenvalue weighted by molar-refractivity contribution is 8.01. The van der Waals surface area contributed by atoms with Crippen LogP contribution in [-0.2, 0) is 13.0 Å². The number of aromatic nitrogens is 2. The van der Waals surface area contributed by atoms with Crippen molar-refractivity contribution in [3.8, 4) is 6.07 Å². The second-order valence-electron chi connectivity index (χ2n) is 4.15. The molecule has 2 rings (SSSR count). The fourth-order valence-corrected chi connectivity index (χ4v) is 3.37. The van der Waals surface area contributed by atoms with Crippen molar-refractivity contribution in [3.05, 3.63) is 35.2 Å². The molecule has 1 aromatic carbocycles. The number of hydrogen-bond donors (Lipinski definition) is 1. The Morgan fingerprint density at radius 2 is 2.25 bits per heavy atom. The molecule has 2 aromatic rings. The molecule has 0 saturated heterocycles. The lowest BCUT2D eigenvalue weighted by Crippen LogP contribution is -2.11. The standard InChI is InChI=1S/C14H16N4S2/c1-3-13-17-14(20-18-13)19-12-6-5-10(9-16-4-2)7-11(12)8-15/h5-7,16H,3-4,9H2,1-2H3. The number of nitrogens with one attached hydrogen (secondary N) is 1. The minimum Gasteiger partial charge on any atom is -0.313 e. The molecular formula is C14H16N4S2. The summed E-state index contributed by atoms with van der Waals surface area (Å²) in [6.45, 7) is 5.81. The van der Waals surface area contributed by atoms with E-state index in [-0.39, 0.29) is 0 Å². The summed E-state index contributed by atoms with van der Waals surface area (Å²) in [7, 11) is 0. The molecule has 0 aliphatic heterocycles. The maximum absolute atomic E-state index is 9.28. The van der Waals surface area contributed by atoms with Gasteiger partial charge in [0.05, 0.1) is 5.56 Å². The normalized spacial score (nSPS) is 10.4. The van der Waals surface area contributed by atoms with Gasteiger partial charge < -0.3 is 5.32 Å². The van der Waals surface area contributed by atoms with Gasteiger partial charge in [-0.2, -0.15) is 9.64 Å². The summed E-state index contributed by atoms with van der Waals surface area (Å²) in [5.74, 6) is 0.861. The van der Waals surface area contributed by atoms with Crippen LogP contribution in [0.5, 0.6) is 0 Å². The van der Waals surface area contributed by atoms with Crippen LogP contribution in [0.2, 0.25) is 0 Å². The van der Waals surface area contributed by atoms with Crippen molar-refractivity contribution in [3.63, 3.8) is 0 Å². The predicted octanol–water partition coefficient (Wildman–Crippen LogP) is 3.23. The van der Waals surface area contributed by atoms with Gasteiger partial charge in [-0.15, -0.1) is 0 Å². The third-order valence-electron chi connectivity index (χ3n) is 2.71. The van der Waals surface area contributed by atoms with E-state index in [4.69, 9.17) is 0 Å². The average molecular weight is 304 g/mol. The van der Waals surface area contributed by atoms with Gasteiger partial charge in [0, 0.05) is 17.9 Å². The molecule has 0 atom stereocenters. The lowest BCUT2D eigenvalue weighted by molar-refractivity contribution is 0.726. The topological polar surface area (TPSA) is 61.6 Å². The molecule has 0 bridgehead atoms. The van der Waals surface area contributed by atoms with Crippen molar-refractivity contribution in [2.24, 2.45) is 0 Å². The molecule has 0 amide bonds. The molecule has 0 fully saturated rings. The van der Waals surface area contributed by atoms with Crippen LogP contribution in [0.15, 0.2) is 27.4 Å². The Morgan fingerprint density at radius 3 is 2.90 bits per heavy atom. The smallest absolute Gasteiger partial charge is 0.174 e. The molecule has 1 aromatic heterocycles. The second kappa shape index (κ2) is 7.39. The van der Waals surface area contributed by atoms with Gasteiger partial charge in [-0.05, 0) is 35.8 Å². The van der Waals surface area contributed by atoms with E-state index in [1.165, 1.54) is 23.3 Å². The number of benzene rings is 1. The number of hydrogen-bond acceptors (Lipinski definition) is 6. The van der Waals surface area contributed by atoms with E-state index in [2.05, 4.69) is 27.7 Å². The van der Waals surface area contributed by atoms with Crippen molar-refractivity contribution in [1.29, 1.82) is 5.26 Å².